The first kappa shape index (κ1) is 19.0. The van der Waals surface area contributed by atoms with E-state index in [1.54, 1.807) is 6.92 Å². The fourth-order valence-corrected chi connectivity index (χ4v) is 3.11. The van der Waals surface area contributed by atoms with Crippen LogP contribution in [0.4, 0.5) is 14.5 Å². The van der Waals surface area contributed by atoms with Gasteiger partial charge in [-0.05, 0) is 30.2 Å². The van der Waals surface area contributed by atoms with Crippen LogP contribution < -0.4 is 15.4 Å². The fourth-order valence-electron chi connectivity index (χ4n) is 2.98. The van der Waals surface area contributed by atoms with Gasteiger partial charge in [0.25, 0.3) is 5.91 Å². The summed E-state index contributed by atoms with van der Waals surface area (Å²) in [6.07, 6.45) is -0.0675. The van der Waals surface area contributed by atoms with E-state index in [4.69, 9.17) is 22.1 Å². The molecule has 1 aromatic heterocycles. The monoisotopic (exact) mass is 395 g/mol. The van der Waals surface area contributed by atoms with E-state index in [9.17, 15) is 18.4 Å². The molecule has 3 rings (SSSR count). The number of alkyl halides is 1. The van der Waals surface area contributed by atoms with E-state index in [1.165, 1.54) is 17.0 Å². The number of halogens is 3. The highest BCUT2D eigenvalue weighted by Gasteiger charge is 2.32. The Morgan fingerprint density at radius 2 is 2.07 bits per heavy atom. The van der Waals surface area contributed by atoms with Crippen LogP contribution in [-0.4, -0.2) is 35.3 Å². The number of primary amides is 1. The molecule has 1 atom stereocenters. The maximum Gasteiger partial charge on any atom is 0.267 e. The number of hydrogen-bond acceptors (Lipinski definition) is 4. The minimum absolute atomic E-state index is 0.0675. The van der Waals surface area contributed by atoms with Crippen molar-refractivity contribution in [2.24, 2.45) is 5.73 Å². The van der Waals surface area contributed by atoms with Gasteiger partial charge in [0.1, 0.15) is 35.5 Å². The van der Waals surface area contributed by atoms with Crippen molar-refractivity contribution in [1.29, 1.82) is 0 Å². The average Bonchev–Trinajstić information content (AvgIpc) is 2.62. The third-order valence-electron chi connectivity index (χ3n) is 4.22. The predicted molar refractivity (Wildman–Crippen MR) is 95.1 cm³/mol. The Hall–Kier alpha value is -2.74. The lowest BCUT2D eigenvalue weighted by Gasteiger charge is -2.34. The number of pyridine rings is 1. The molecule has 9 heteroatoms. The minimum atomic E-state index is -0.826. The Morgan fingerprint density at radius 3 is 2.70 bits per heavy atom. The van der Waals surface area contributed by atoms with Gasteiger partial charge in [-0.1, -0.05) is 6.07 Å². The number of hydrogen-bond donors (Lipinski definition) is 1. The summed E-state index contributed by atoms with van der Waals surface area (Å²) in [4.78, 5) is 29.6. The lowest BCUT2D eigenvalue weighted by atomic mass is 10.0. The number of ether oxygens (including phenoxy) is 1. The van der Waals surface area contributed by atoms with Crippen molar-refractivity contribution in [3.8, 4) is 5.88 Å². The van der Waals surface area contributed by atoms with E-state index >= 15 is 0 Å². The zero-order chi connectivity index (χ0) is 19.7. The number of fused-ring (bicyclic) bond motifs is 1. The summed E-state index contributed by atoms with van der Waals surface area (Å²) in [7, 11) is 0. The van der Waals surface area contributed by atoms with Gasteiger partial charge >= 0.3 is 0 Å². The van der Waals surface area contributed by atoms with E-state index in [1.807, 2.05) is 0 Å². The summed E-state index contributed by atoms with van der Waals surface area (Å²) < 4.78 is 32.7. The Labute approximate surface area is 158 Å². The summed E-state index contributed by atoms with van der Waals surface area (Å²) in [5, 5.41) is 0. The van der Waals surface area contributed by atoms with Crippen LogP contribution in [0.1, 0.15) is 28.5 Å². The molecule has 142 valence electrons. The van der Waals surface area contributed by atoms with E-state index in [0.29, 0.717) is 5.69 Å². The average molecular weight is 396 g/mol. The van der Waals surface area contributed by atoms with Gasteiger partial charge in [0.15, 0.2) is 0 Å². The van der Waals surface area contributed by atoms with E-state index in [0.717, 1.165) is 12.1 Å². The Bertz CT molecular complexity index is 923. The molecular formula is C18H16ClF2N3O3. The first-order chi connectivity index (χ1) is 12.8. The second kappa shape index (κ2) is 7.48. The van der Waals surface area contributed by atoms with E-state index in [2.05, 4.69) is 4.98 Å². The number of aromatic nitrogens is 1. The van der Waals surface area contributed by atoms with Gasteiger partial charge in [-0.2, -0.15) is 0 Å². The van der Waals surface area contributed by atoms with Gasteiger partial charge in [0.05, 0.1) is 6.04 Å². The van der Waals surface area contributed by atoms with Crippen LogP contribution in [0.15, 0.2) is 24.3 Å². The Morgan fingerprint density at radius 1 is 1.33 bits per heavy atom. The molecule has 0 spiro atoms. The van der Waals surface area contributed by atoms with Crippen LogP contribution in [-0.2, 0) is 11.2 Å². The molecule has 0 saturated carbocycles. The quantitative estimate of drug-likeness (QED) is 0.805. The van der Waals surface area contributed by atoms with Crippen molar-refractivity contribution in [2.75, 3.05) is 17.4 Å². The van der Waals surface area contributed by atoms with Crippen molar-refractivity contribution in [3.63, 3.8) is 0 Å². The molecule has 0 radical (unpaired) electrons. The molecule has 0 saturated heterocycles. The summed E-state index contributed by atoms with van der Waals surface area (Å²) in [6, 6.07) is 4.34. The third kappa shape index (κ3) is 3.71. The highest BCUT2D eigenvalue weighted by Crippen LogP contribution is 2.35. The van der Waals surface area contributed by atoms with Gasteiger partial charge in [0, 0.05) is 12.5 Å². The molecule has 0 bridgehead atoms. The van der Waals surface area contributed by atoms with Crippen LogP contribution in [0.3, 0.4) is 0 Å². The van der Waals surface area contributed by atoms with Gasteiger partial charge in [-0.25, -0.2) is 13.8 Å². The highest BCUT2D eigenvalue weighted by molar-refractivity contribution is 6.29. The van der Waals surface area contributed by atoms with Crippen molar-refractivity contribution in [3.05, 3.63) is 52.7 Å². The van der Waals surface area contributed by atoms with Crippen molar-refractivity contribution >= 4 is 29.1 Å². The second-order valence-electron chi connectivity index (χ2n) is 6.15. The van der Waals surface area contributed by atoms with Crippen molar-refractivity contribution in [1.82, 2.24) is 4.98 Å². The van der Waals surface area contributed by atoms with Gasteiger partial charge in [0.2, 0.25) is 11.8 Å². The molecule has 1 aliphatic heterocycles. The Kier molecular flexibility index (Phi) is 5.27. The lowest BCUT2D eigenvalue weighted by molar-refractivity contribution is -0.117. The van der Waals surface area contributed by atoms with Crippen LogP contribution in [0.2, 0.25) is 0 Å². The topological polar surface area (TPSA) is 85.5 Å². The highest BCUT2D eigenvalue weighted by atomic mass is 35.5. The molecule has 6 nitrogen and oxygen atoms in total. The first-order valence-corrected chi connectivity index (χ1v) is 8.63. The van der Waals surface area contributed by atoms with Crippen LogP contribution in [0.25, 0.3) is 0 Å². The molecule has 2 N–H and O–H groups in total. The molecule has 27 heavy (non-hydrogen) atoms. The number of nitrogens with zero attached hydrogens (tertiary/aromatic N) is 2. The number of rotatable bonds is 4. The number of anilines is 1. The summed E-state index contributed by atoms with van der Waals surface area (Å²) in [6.45, 7) is 1.95. The number of carbonyl (C=O) groups is 2. The van der Waals surface area contributed by atoms with E-state index in [-0.39, 0.29) is 53.6 Å². The molecule has 0 fully saturated rings. The number of nitrogens with two attached hydrogens (primary N) is 1. The zero-order valence-electron chi connectivity index (χ0n) is 14.3. The summed E-state index contributed by atoms with van der Waals surface area (Å²) >= 11 is 5.69. The summed E-state index contributed by atoms with van der Waals surface area (Å²) in [5.41, 5.74) is 6.06. The molecule has 1 aliphatic rings. The predicted octanol–water partition coefficient (Wildman–Crippen LogP) is 2.40. The van der Waals surface area contributed by atoms with Gasteiger partial charge in [-0.15, -0.1) is 11.6 Å². The molecular weight excluding hydrogens is 380 g/mol. The van der Waals surface area contributed by atoms with Crippen molar-refractivity contribution in [2.45, 2.75) is 19.4 Å². The van der Waals surface area contributed by atoms with Crippen LogP contribution in [0.5, 0.6) is 5.88 Å². The fraction of sp³-hybridized carbons (Fsp3) is 0.278. The molecule has 2 amide bonds. The maximum atomic E-state index is 14.0. The minimum Gasteiger partial charge on any atom is -0.474 e. The molecule has 1 aromatic carbocycles. The third-order valence-corrected chi connectivity index (χ3v) is 4.45. The van der Waals surface area contributed by atoms with Crippen molar-refractivity contribution < 1.29 is 23.1 Å². The van der Waals surface area contributed by atoms with E-state index < -0.39 is 17.5 Å². The van der Waals surface area contributed by atoms with Gasteiger partial charge in [-0.3, -0.25) is 9.59 Å². The maximum absolute atomic E-state index is 14.0. The second-order valence-corrected chi connectivity index (χ2v) is 6.42. The summed E-state index contributed by atoms with van der Waals surface area (Å²) in [5.74, 6) is -2.83. The van der Waals surface area contributed by atoms with Crippen LogP contribution >= 0.6 is 11.6 Å². The molecule has 2 heterocycles. The Balaban J connectivity index is 2.11. The largest absolute Gasteiger partial charge is 0.474 e. The SMILES string of the molecule is C[C@H]1COc2nc(C(N)=O)c(Cc3ccc(F)cc3F)cc2N1C(=O)CCl. The standard InChI is InChI=1S/C18H16ClF2N3O3/c1-9-8-27-18-14(24(9)15(25)7-19)5-11(16(23-18)17(22)26)4-10-2-3-12(20)6-13(10)21/h2-3,5-6,9H,4,7-8H2,1H3,(H2,22,26)/t9-/m0/s1. The molecule has 0 unspecified atom stereocenters. The zero-order valence-corrected chi connectivity index (χ0v) is 15.1. The molecule has 0 aliphatic carbocycles. The number of carbonyl (C=O) groups excluding carboxylic acids is 2. The first-order valence-electron chi connectivity index (χ1n) is 8.10. The smallest absolute Gasteiger partial charge is 0.267 e. The number of amides is 2. The van der Waals surface area contributed by atoms with Gasteiger partial charge < -0.3 is 15.4 Å². The normalized spacial score (nSPS) is 15.9. The number of benzene rings is 1. The lowest BCUT2D eigenvalue weighted by Crippen LogP contribution is -2.46. The van der Waals surface area contributed by atoms with Crippen LogP contribution in [0, 0.1) is 11.6 Å². The molecule has 2 aromatic rings.